The zero-order valence-electron chi connectivity index (χ0n) is 14.4. The van der Waals surface area contributed by atoms with Crippen LogP contribution in [-0.2, 0) is 4.79 Å². The van der Waals surface area contributed by atoms with Gasteiger partial charge in [0, 0.05) is 18.0 Å². The van der Waals surface area contributed by atoms with Gasteiger partial charge in [0.05, 0.1) is 28.7 Å². The summed E-state index contributed by atoms with van der Waals surface area (Å²) in [7, 11) is 0. The summed E-state index contributed by atoms with van der Waals surface area (Å²) in [5.41, 5.74) is 0.899. The Bertz CT molecular complexity index is 816. The van der Waals surface area contributed by atoms with Crippen LogP contribution in [0.4, 0.5) is 0 Å². The second kappa shape index (κ2) is 8.14. The van der Waals surface area contributed by atoms with Crippen molar-refractivity contribution in [2.75, 3.05) is 18.8 Å². The van der Waals surface area contributed by atoms with Crippen molar-refractivity contribution in [3.8, 4) is 0 Å². The Morgan fingerprint density at radius 1 is 1.31 bits per heavy atom. The minimum absolute atomic E-state index is 0.0942. The molecular formula is C18H20ClN3O3S. The molecule has 2 aromatic rings. The number of carbonyl (C=O) groups is 2. The third kappa shape index (κ3) is 4.04. The molecule has 1 aliphatic heterocycles. The molecule has 8 heteroatoms. The molecule has 1 aliphatic rings. The molecule has 26 heavy (non-hydrogen) atoms. The van der Waals surface area contributed by atoms with E-state index in [0.717, 1.165) is 17.7 Å². The molecule has 0 saturated carbocycles. The van der Waals surface area contributed by atoms with Gasteiger partial charge < -0.3 is 10.0 Å². The number of rotatable bonds is 5. The van der Waals surface area contributed by atoms with E-state index in [9.17, 15) is 9.59 Å². The molecule has 138 valence electrons. The van der Waals surface area contributed by atoms with Gasteiger partial charge >= 0.3 is 5.97 Å². The summed E-state index contributed by atoms with van der Waals surface area (Å²) in [5.74, 6) is -0.506. The lowest BCUT2D eigenvalue weighted by Gasteiger charge is -2.32. The number of aromatic nitrogens is 2. The van der Waals surface area contributed by atoms with Crippen LogP contribution in [-0.4, -0.2) is 50.5 Å². The predicted molar refractivity (Wildman–Crippen MR) is 101 cm³/mol. The number of benzene rings is 1. The Morgan fingerprint density at radius 2 is 2.00 bits per heavy atom. The smallest absolute Gasteiger partial charge is 0.339 e. The van der Waals surface area contributed by atoms with Crippen molar-refractivity contribution in [1.82, 2.24) is 14.7 Å². The second-order valence-corrected chi connectivity index (χ2v) is 7.65. The van der Waals surface area contributed by atoms with Crippen molar-refractivity contribution in [2.24, 2.45) is 0 Å². The van der Waals surface area contributed by atoms with Crippen molar-refractivity contribution < 1.29 is 14.7 Å². The minimum atomic E-state index is -0.960. The van der Waals surface area contributed by atoms with Crippen molar-refractivity contribution in [3.63, 3.8) is 0 Å². The maximum Gasteiger partial charge on any atom is 0.339 e. The molecule has 0 aliphatic carbocycles. The van der Waals surface area contributed by atoms with Gasteiger partial charge in [0.1, 0.15) is 5.56 Å². The number of aromatic carboxylic acids is 1. The Labute approximate surface area is 161 Å². The molecule has 2 heterocycles. The molecule has 1 fully saturated rings. The lowest BCUT2D eigenvalue weighted by Crippen LogP contribution is -2.40. The van der Waals surface area contributed by atoms with Crippen LogP contribution >= 0.6 is 23.4 Å². The molecule has 1 aromatic heterocycles. The number of carboxylic acids is 1. The van der Waals surface area contributed by atoms with Crippen LogP contribution < -0.4 is 0 Å². The third-order valence-electron chi connectivity index (χ3n) is 4.63. The normalized spacial score (nSPS) is 15.2. The Kier molecular flexibility index (Phi) is 5.88. The van der Waals surface area contributed by atoms with Crippen LogP contribution in [0.25, 0.3) is 0 Å². The third-order valence-corrected chi connectivity index (χ3v) is 6.13. The van der Waals surface area contributed by atoms with Crippen LogP contribution in [0.5, 0.6) is 0 Å². The highest BCUT2D eigenvalue weighted by Gasteiger charge is 2.26. The van der Waals surface area contributed by atoms with Gasteiger partial charge in [-0.1, -0.05) is 23.7 Å². The predicted octanol–water partition coefficient (Wildman–Crippen LogP) is 3.50. The molecule has 1 amide bonds. The number of halogens is 1. The maximum absolute atomic E-state index is 12.4. The van der Waals surface area contributed by atoms with Crippen molar-refractivity contribution in [2.45, 2.75) is 30.7 Å². The number of piperidine rings is 1. The number of carbonyl (C=O) groups excluding carboxylic acids is 1. The van der Waals surface area contributed by atoms with E-state index in [4.69, 9.17) is 16.7 Å². The second-order valence-electron chi connectivity index (χ2n) is 6.22. The minimum Gasteiger partial charge on any atom is -0.478 e. The van der Waals surface area contributed by atoms with Crippen molar-refractivity contribution >= 4 is 35.2 Å². The van der Waals surface area contributed by atoms with Crippen molar-refractivity contribution in [3.05, 3.63) is 46.7 Å². The van der Waals surface area contributed by atoms with Gasteiger partial charge in [-0.15, -0.1) is 11.8 Å². The fourth-order valence-electron chi connectivity index (χ4n) is 3.15. The van der Waals surface area contributed by atoms with E-state index in [1.54, 1.807) is 11.6 Å². The van der Waals surface area contributed by atoms with Gasteiger partial charge in [0.15, 0.2) is 0 Å². The summed E-state index contributed by atoms with van der Waals surface area (Å²) >= 11 is 7.57. The molecule has 0 atom stereocenters. The first-order chi connectivity index (χ1) is 12.5. The number of nitrogens with zero attached hydrogens (tertiary/aromatic N) is 3. The summed E-state index contributed by atoms with van der Waals surface area (Å²) in [5, 5.41) is 14.0. The summed E-state index contributed by atoms with van der Waals surface area (Å²) in [4.78, 5) is 26.4. The number of likely N-dealkylation sites (tertiary alicyclic amines) is 1. The quantitative estimate of drug-likeness (QED) is 0.787. The molecule has 6 nitrogen and oxygen atoms in total. The highest BCUT2D eigenvalue weighted by Crippen LogP contribution is 2.28. The molecule has 3 rings (SSSR count). The van der Waals surface area contributed by atoms with Gasteiger partial charge in [0.2, 0.25) is 5.91 Å². The highest BCUT2D eigenvalue weighted by atomic mass is 35.5. The largest absolute Gasteiger partial charge is 0.478 e. The van der Waals surface area contributed by atoms with Crippen LogP contribution in [0.1, 0.15) is 34.9 Å². The summed E-state index contributed by atoms with van der Waals surface area (Å²) < 4.78 is 1.78. The van der Waals surface area contributed by atoms with E-state index >= 15 is 0 Å². The first kappa shape index (κ1) is 18.8. The number of amides is 1. The average Bonchev–Trinajstić information content (AvgIpc) is 3.02. The van der Waals surface area contributed by atoms with E-state index in [-0.39, 0.29) is 17.5 Å². The van der Waals surface area contributed by atoms with E-state index in [1.165, 1.54) is 18.0 Å². The van der Waals surface area contributed by atoms with Gasteiger partial charge in [-0.25, -0.2) is 4.79 Å². The van der Waals surface area contributed by atoms with Crippen molar-refractivity contribution in [1.29, 1.82) is 0 Å². The maximum atomic E-state index is 12.4. The Hall–Kier alpha value is -1.99. The lowest BCUT2D eigenvalue weighted by molar-refractivity contribution is -0.129. The topological polar surface area (TPSA) is 75.4 Å². The van der Waals surface area contributed by atoms with Crippen LogP contribution in [0.15, 0.2) is 35.4 Å². The van der Waals surface area contributed by atoms with E-state index in [2.05, 4.69) is 5.10 Å². The van der Waals surface area contributed by atoms with Crippen LogP contribution in [0.2, 0.25) is 5.02 Å². The summed E-state index contributed by atoms with van der Waals surface area (Å²) in [6.45, 7) is 3.07. The molecular weight excluding hydrogens is 374 g/mol. The van der Waals surface area contributed by atoms with E-state index in [1.807, 2.05) is 29.2 Å². The van der Waals surface area contributed by atoms with Gasteiger partial charge in [-0.05, 0) is 31.9 Å². The van der Waals surface area contributed by atoms with Gasteiger partial charge in [-0.2, -0.15) is 5.10 Å². The fourth-order valence-corrected chi connectivity index (χ4v) is 4.30. The van der Waals surface area contributed by atoms with Crippen LogP contribution in [0, 0.1) is 6.92 Å². The summed E-state index contributed by atoms with van der Waals surface area (Å²) in [6.07, 6.45) is 2.93. The Morgan fingerprint density at radius 3 is 2.62 bits per heavy atom. The molecule has 0 unspecified atom stereocenters. The SMILES string of the molecule is Cc1c(C(=O)O)cnn1C1CCN(C(=O)CSc2ccccc2Cl)CC1. The first-order valence-electron chi connectivity index (χ1n) is 8.40. The number of thioether (sulfide) groups is 1. The fraction of sp³-hybridized carbons (Fsp3) is 0.389. The molecule has 0 bridgehead atoms. The molecule has 0 radical (unpaired) electrons. The highest BCUT2D eigenvalue weighted by molar-refractivity contribution is 8.00. The van der Waals surface area contributed by atoms with E-state index < -0.39 is 5.97 Å². The molecule has 1 aromatic carbocycles. The average molecular weight is 394 g/mol. The molecule has 1 saturated heterocycles. The zero-order valence-corrected chi connectivity index (χ0v) is 16.0. The molecule has 1 N–H and O–H groups in total. The summed E-state index contributed by atoms with van der Waals surface area (Å²) in [6, 6.07) is 7.63. The Balaban J connectivity index is 1.54. The van der Waals surface area contributed by atoms with Gasteiger partial charge in [0.25, 0.3) is 0 Å². The monoisotopic (exact) mass is 393 g/mol. The number of hydrogen-bond acceptors (Lipinski definition) is 4. The van der Waals surface area contributed by atoms with Crippen LogP contribution in [0.3, 0.4) is 0 Å². The van der Waals surface area contributed by atoms with Gasteiger partial charge in [-0.3, -0.25) is 9.48 Å². The first-order valence-corrected chi connectivity index (χ1v) is 9.76. The standard InChI is InChI=1S/C18H20ClN3O3S/c1-12-14(18(24)25)10-20-22(12)13-6-8-21(9-7-13)17(23)11-26-16-5-3-2-4-15(16)19/h2-5,10,13H,6-9,11H2,1H3,(H,24,25). The zero-order chi connectivity index (χ0) is 18.7. The van der Waals surface area contributed by atoms with E-state index in [0.29, 0.717) is 29.6 Å². The number of carboxylic acid groups (broad SMARTS) is 1. The molecule has 0 spiro atoms. The lowest BCUT2D eigenvalue weighted by atomic mass is 10.0. The number of hydrogen-bond donors (Lipinski definition) is 1.